The predicted octanol–water partition coefficient (Wildman–Crippen LogP) is 6.01. The zero-order valence-electron chi connectivity index (χ0n) is 21.8. The minimum absolute atomic E-state index is 0.275. The van der Waals surface area contributed by atoms with Gasteiger partial charge in [0.1, 0.15) is 5.41 Å². The molecule has 0 amide bonds. The Morgan fingerprint density at radius 3 is 2.54 bits per heavy atom. The van der Waals surface area contributed by atoms with Gasteiger partial charge in [-0.15, -0.1) is 4.40 Å². The van der Waals surface area contributed by atoms with Gasteiger partial charge in [0.25, 0.3) is 11.1 Å². The van der Waals surface area contributed by atoms with E-state index in [0.717, 1.165) is 30.7 Å². The van der Waals surface area contributed by atoms with E-state index in [2.05, 4.69) is 84.5 Å². The van der Waals surface area contributed by atoms with Crippen molar-refractivity contribution in [2.24, 2.45) is 0 Å². The smallest absolute Gasteiger partial charge is 0.409 e. The fourth-order valence-corrected chi connectivity index (χ4v) is 7.57. The predicted molar refractivity (Wildman–Crippen MR) is 145 cm³/mol. The molecule has 5 aromatic rings. The Balaban J connectivity index is 1.64. The van der Waals surface area contributed by atoms with Gasteiger partial charge in [-0.05, 0) is 54.0 Å². The molecule has 2 aromatic carbocycles. The van der Waals surface area contributed by atoms with Crippen LogP contribution in [0.25, 0.3) is 27.5 Å². The molecule has 0 radical (unpaired) electrons. The Morgan fingerprint density at radius 2 is 1.73 bits per heavy atom. The van der Waals surface area contributed by atoms with E-state index < -0.39 is 5.41 Å². The molecule has 184 valence electrons. The standard InChI is InChI=1S/C33H32N2O2/c1-4-7-12-22-16-17-24-23(21-22)18-20-35-28(24)25-13-8-9-14-26(25)32(5-2)30-29(33(32,35)6-3)34-19-11-10-15-27(34)31(36)37-30/h8-11,13-21H,4-7,12H2,1-3H3/q+2. The van der Waals surface area contributed by atoms with E-state index in [0.29, 0.717) is 5.52 Å². The SMILES string of the molecule is CCCCc1ccc2c3[n+](ccc2c1)C1(CC)c2c(oc(=O)c4cccc[n+]24)C1(CC)c1ccccc1-3. The summed E-state index contributed by atoms with van der Waals surface area (Å²) in [6.45, 7) is 6.75. The van der Waals surface area contributed by atoms with Crippen LogP contribution in [0.4, 0.5) is 0 Å². The van der Waals surface area contributed by atoms with Crippen LogP contribution in [0.2, 0.25) is 0 Å². The maximum atomic E-state index is 13.2. The summed E-state index contributed by atoms with van der Waals surface area (Å²) in [6, 6.07) is 23.8. The van der Waals surface area contributed by atoms with Gasteiger partial charge in [-0.3, -0.25) is 0 Å². The van der Waals surface area contributed by atoms with Crippen LogP contribution in [-0.4, -0.2) is 0 Å². The topological polar surface area (TPSA) is 38.2 Å². The highest BCUT2D eigenvalue weighted by atomic mass is 16.4. The average Bonchev–Trinajstić information content (AvgIpc) is 2.94. The largest absolute Gasteiger partial charge is 0.415 e. The van der Waals surface area contributed by atoms with E-state index in [9.17, 15) is 4.79 Å². The summed E-state index contributed by atoms with van der Waals surface area (Å²) in [4.78, 5) is 13.2. The van der Waals surface area contributed by atoms with Gasteiger partial charge >= 0.3 is 11.3 Å². The number of unbranched alkanes of at least 4 members (excludes halogenated alkanes) is 1. The first-order valence-corrected chi connectivity index (χ1v) is 13.7. The molecule has 1 aliphatic carbocycles. The number of hydrogen-bond acceptors (Lipinski definition) is 2. The Morgan fingerprint density at radius 1 is 0.892 bits per heavy atom. The Labute approximate surface area is 216 Å². The number of hydrogen-bond donors (Lipinski definition) is 0. The molecular weight excluding hydrogens is 456 g/mol. The molecule has 0 bridgehead atoms. The Kier molecular flexibility index (Phi) is 4.76. The molecule has 0 N–H and O–H groups in total. The van der Waals surface area contributed by atoms with Crippen molar-refractivity contribution in [2.75, 3.05) is 0 Å². The number of nitrogens with zero attached hydrogens (tertiary/aromatic N) is 2. The molecule has 0 saturated carbocycles. The fraction of sp³-hybridized carbons (Fsp3) is 0.303. The van der Waals surface area contributed by atoms with Crippen LogP contribution in [0.15, 0.2) is 88.3 Å². The molecule has 7 rings (SSSR count). The van der Waals surface area contributed by atoms with Crippen LogP contribution in [0, 0.1) is 0 Å². The average molecular weight is 489 g/mol. The minimum Gasteiger partial charge on any atom is -0.415 e. The second-order valence-electron chi connectivity index (χ2n) is 10.6. The summed E-state index contributed by atoms with van der Waals surface area (Å²) in [5.41, 5.74) is 5.74. The third-order valence-corrected chi connectivity index (χ3v) is 9.13. The van der Waals surface area contributed by atoms with Gasteiger partial charge in [-0.1, -0.05) is 57.5 Å². The van der Waals surface area contributed by atoms with Gasteiger partial charge in [0.05, 0.1) is 10.9 Å². The zero-order chi connectivity index (χ0) is 25.4. The lowest BCUT2D eigenvalue weighted by atomic mass is 9.48. The summed E-state index contributed by atoms with van der Waals surface area (Å²) < 4.78 is 10.8. The molecule has 37 heavy (non-hydrogen) atoms. The van der Waals surface area contributed by atoms with Crippen molar-refractivity contribution in [3.05, 3.63) is 112 Å². The molecule has 2 atom stereocenters. The molecule has 2 unspecified atom stereocenters. The van der Waals surface area contributed by atoms with Crippen molar-refractivity contribution in [3.63, 3.8) is 0 Å². The normalized spacial score (nSPS) is 21.2. The second-order valence-corrected chi connectivity index (χ2v) is 10.6. The van der Waals surface area contributed by atoms with Crippen molar-refractivity contribution in [3.8, 4) is 11.3 Å². The molecule has 4 nitrogen and oxygen atoms in total. The van der Waals surface area contributed by atoms with Gasteiger partial charge < -0.3 is 4.42 Å². The maximum Gasteiger partial charge on any atom is 0.409 e. The van der Waals surface area contributed by atoms with Crippen molar-refractivity contribution in [1.29, 1.82) is 0 Å². The van der Waals surface area contributed by atoms with Crippen LogP contribution < -0.4 is 14.6 Å². The third-order valence-electron chi connectivity index (χ3n) is 9.13. The number of benzene rings is 2. The Hall–Kier alpha value is -3.79. The van der Waals surface area contributed by atoms with Gasteiger partial charge in [0.2, 0.25) is 11.5 Å². The summed E-state index contributed by atoms with van der Waals surface area (Å²) >= 11 is 0. The molecule has 2 aliphatic rings. The van der Waals surface area contributed by atoms with E-state index in [-0.39, 0.29) is 11.2 Å². The number of rotatable bonds is 5. The van der Waals surface area contributed by atoms with E-state index in [1.54, 1.807) is 0 Å². The number of fused-ring (bicyclic) bond motifs is 13. The molecule has 4 heterocycles. The molecule has 0 saturated heterocycles. The van der Waals surface area contributed by atoms with E-state index >= 15 is 0 Å². The summed E-state index contributed by atoms with van der Waals surface area (Å²) in [7, 11) is 0. The first-order valence-electron chi connectivity index (χ1n) is 13.7. The van der Waals surface area contributed by atoms with Gasteiger partial charge in [0, 0.05) is 24.6 Å². The second kappa shape index (κ2) is 7.85. The first-order chi connectivity index (χ1) is 18.1. The molecular formula is C33H32N2O2+2. The molecule has 0 fully saturated rings. The van der Waals surface area contributed by atoms with Gasteiger partial charge in [-0.2, -0.15) is 4.57 Å². The fourth-order valence-electron chi connectivity index (χ4n) is 7.57. The third kappa shape index (κ3) is 2.56. The summed E-state index contributed by atoms with van der Waals surface area (Å²) in [6.07, 6.45) is 9.54. The quantitative estimate of drug-likeness (QED) is 0.284. The van der Waals surface area contributed by atoms with Crippen LogP contribution in [0.1, 0.15) is 69.0 Å². The van der Waals surface area contributed by atoms with E-state index in [1.165, 1.54) is 46.0 Å². The number of aryl methyl sites for hydroxylation is 1. The van der Waals surface area contributed by atoms with Crippen LogP contribution in [-0.2, 0) is 17.4 Å². The number of pyridine rings is 2. The van der Waals surface area contributed by atoms with Gasteiger partial charge in [-0.25, -0.2) is 4.79 Å². The van der Waals surface area contributed by atoms with Crippen molar-refractivity contribution < 1.29 is 13.4 Å². The van der Waals surface area contributed by atoms with Crippen molar-refractivity contribution in [2.45, 2.75) is 63.8 Å². The summed E-state index contributed by atoms with van der Waals surface area (Å²) in [5.74, 6) is 0.811. The van der Waals surface area contributed by atoms with E-state index in [4.69, 9.17) is 4.42 Å². The van der Waals surface area contributed by atoms with Crippen LogP contribution >= 0.6 is 0 Å². The maximum absolute atomic E-state index is 13.2. The van der Waals surface area contributed by atoms with Crippen LogP contribution in [0.3, 0.4) is 0 Å². The molecule has 1 aliphatic heterocycles. The van der Waals surface area contributed by atoms with Crippen molar-refractivity contribution >= 4 is 16.3 Å². The lowest BCUT2D eigenvalue weighted by Crippen LogP contribution is -2.79. The number of aromatic nitrogens is 2. The lowest BCUT2D eigenvalue weighted by Gasteiger charge is -2.52. The Bertz CT molecular complexity index is 1790. The lowest BCUT2D eigenvalue weighted by molar-refractivity contribution is -0.783. The van der Waals surface area contributed by atoms with Crippen molar-refractivity contribution in [1.82, 2.24) is 0 Å². The monoisotopic (exact) mass is 488 g/mol. The van der Waals surface area contributed by atoms with Gasteiger partial charge in [0.15, 0.2) is 12.4 Å². The first kappa shape index (κ1) is 22.4. The highest BCUT2D eigenvalue weighted by Gasteiger charge is 2.80. The zero-order valence-corrected chi connectivity index (χ0v) is 21.8. The van der Waals surface area contributed by atoms with Crippen LogP contribution in [0.5, 0.6) is 0 Å². The summed E-state index contributed by atoms with van der Waals surface area (Å²) in [5, 5.41) is 2.55. The highest BCUT2D eigenvalue weighted by molar-refractivity contribution is 5.95. The molecule has 3 aromatic heterocycles. The molecule has 4 heteroatoms. The minimum atomic E-state index is -0.420. The molecule has 0 spiro atoms. The highest BCUT2D eigenvalue weighted by Crippen LogP contribution is 2.63. The van der Waals surface area contributed by atoms with E-state index in [1.807, 2.05) is 24.4 Å².